The van der Waals surface area contributed by atoms with Gasteiger partial charge in [-0.3, -0.25) is 9.78 Å². The van der Waals surface area contributed by atoms with E-state index in [2.05, 4.69) is 38.9 Å². The maximum absolute atomic E-state index is 11.7. The molecule has 0 aromatic carbocycles. The Hall–Kier alpha value is -0.550. The van der Waals surface area contributed by atoms with Gasteiger partial charge in [0.25, 0.3) is 0 Å². The molecule has 1 aliphatic rings. The predicted octanol–water partition coefficient (Wildman–Crippen LogP) is 2.66. The van der Waals surface area contributed by atoms with Crippen LogP contribution in [0.5, 0.6) is 0 Å². The molecule has 0 bridgehead atoms. The molecule has 0 atom stereocenters. The Bertz CT molecular complexity index is 403. The van der Waals surface area contributed by atoms with Crippen LogP contribution in [0.3, 0.4) is 0 Å². The molecule has 0 unspecified atom stereocenters. The third kappa shape index (κ3) is 2.83. The topological polar surface area (TPSA) is 42.0 Å². The van der Waals surface area contributed by atoms with Crippen molar-refractivity contribution in [2.24, 2.45) is 0 Å². The highest BCUT2D eigenvalue weighted by Crippen LogP contribution is 2.40. The maximum atomic E-state index is 11.7. The SMILES string of the molecule is O=C(CCS)NC1(c2ccc(Br)cn2)CCC1. The number of halogens is 1. The number of thiol groups is 1. The van der Waals surface area contributed by atoms with Gasteiger partial charge in [0.2, 0.25) is 5.91 Å². The minimum Gasteiger partial charge on any atom is -0.345 e. The van der Waals surface area contributed by atoms with Gasteiger partial charge in [0.05, 0.1) is 11.2 Å². The molecule has 1 aliphatic carbocycles. The highest BCUT2D eigenvalue weighted by Gasteiger charge is 2.40. The fraction of sp³-hybridized carbons (Fsp3) is 0.500. The lowest BCUT2D eigenvalue weighted by Gasteiger charge is -2.42. The van der Waals surface area contributed by atoms with Crippen molar-refractivity contribution in [1.29, 1.82) is 0 Å². The van der Waals surface area contributed by atoms with E-state index >= 15 is 0 Å². The molecular formula is C12H15BrN2OS. The third-order valence-corrected chi connectivity index (χ3v) is 3.84. The van der Waals surface area contributed by atoms with Crippen molar-refractivity contribution in [3.8, 4) is 0 Å². The molecule has 1 amide bonds. The molecule has 1 heterocycles. The molecule has 1 fully saturated rings. The summed E-state index contributed by atoms with van der Waals surface area (Å²) in [7, 11) is 0. The van der Waals surface area contributed by atoms with Crippen LogP contribution in [0.4, 0.5) is 0 Å². The second-order valence-electron chi connectivity index (χ2n) is 4.32. The van der Waals surface area contributed by atoms with Gasteiger partial charge in [-0.15, -0.1) is 0 Å². The Morgan fingerprint density at radius 3 is 2.76 bits per heavy atom. The smallest absolute Gasteiger partial charge is 0.221 e. The minimum absolute atomic E-state index is 0.0596. The van der Waals surface area contributed by atoms with Crippen molar-refractivity contribution in [1.82, 2.24) is 10.3 Å². The average Bonchev–Trinajstić information content (AvgIpc) is 2.25. The van der Waals surface area contributed by atoms with Crippen molar-refractivity contribution in [3.05, 3.63) is 28.5 Å². The molecule has 3 nitrogen and oxygen atoms in total. The summed E-state index contributed by atoms with van der Waals surface area (Å²) in [5, 5.41) is 3.10. The molecule has 1 saturated carbocycles. The van der Waals surface area contributed by atoms with E-state index in [9.17, 15) is 4.79 Å². The second kappa shape index (κ2) is 5.40. The fourth-order valence-corrected chi connectivity index (χ4v) is 2.50. The molecule has 92 valence electrons. The number of nitrogens with one attached hydrogen (secondary N) is 1. The van der Waals surface area contributed by atoms with Crippen LogP contribution in [0.25, 0.3) is 0 Å². The summed E-state index contributed by atoms with van der Waals surface area (Å²) in [4.78, 5) is 16.1. The van der Waals surface area contributed by atoms with Gasteiger partial charge in [-0.1, -0.05) is 0 Å². The fourth-order valence-electron chi connectivity index (χ4n) is 2.07. The lowest BCUT2D eigenvalue weighted by Crippen LogP contribution is -2.51. The first-order chi connectivity index (χ1) is 8.16. The summed E-state index contributed by atoms with van der Waals surface area (Å²) in [5.74, 6) is 0.639. The Morgan fingerprint density at radius 2 is 2.29 bits per heavy atom. The van der Waals surface area contributed by atoms with E-state index in [1.165, 1.54) is 0 Å². The minimum atomic E-state index is -0.235. The van der Waals surface area contributed by atoms with Crippen LogP contribution in [0.15, 0.2) is 22.8 Å². The zero-order valence-corrected chi connectivity index (χ0v) is 11.9. The highest BCUT2D eigenvalue weighted by atomic mass is 79.9. The molecule has 5 heteroatoms. The number of amides is 1. The van der Waals surface area contributed by atoms with Crippen molar-refractivity contribution >= 4 is 34.5 Å². The quantitative estimate of drug-likeness (QED) is 0.839. The third-order valence-electron chi connectivity index (χ3n) is 3.14. The summed E-state index contributed by atoms with van der Waals surface area (Å²) >= 11 is 7.44. The van der Waals surface area contributed by atoms with E-state index < -0.39 is 0 Å². The zero-order valence-electron chi connectivity index (χ0n) is 9.45. The number of carbonyl (C=O) groups excluding carboxylic acids is 1. The van der Waals surface area contributed by atoms with Crippen LogP contribution in [-0.2, 0) is 10.3 Å². The Kier molecular flexibility index (Phi) is 4.09. The normalized spacial score (nSPS) is 17.3. The van der Waals surface area contributed by atoms with Crippen molar-refractivity contribution in [2.75, 3.05) is 5.75 Å². The lowest BCUT2D eigenvalue weighted by molar-refractivity contribution is -0.124. The van der Waals surface area contributed by atoms with Crippen molar-refractivity contribution in [3.63, 3.8) is 0 Å². The number of hydrogen-bond donors (Lipinski definition) is 2. The van der Waals surface area contributed by atoms with E-state index in [1.807, 2.05) is 12.1 Å². The first kappa shape index (κ1) is 12.9. The average molecular weight is 315 g/mol. The molecule has 0 spiro atoms. The summed E-state index contributed by atoms with van der Waals surface area (Å²) < 4.78 is 0.956. The van der Waals surface area contributed by atoms with Gasteiger partial charge in [0.1, 0.15) is 0 Å². The zero-order chi connectivity index (χ0) is 12.3. The molecule has 0 radical (unpaired) electrons. The molecule has 2 rings (SSSR count). The number of nitrogens with zero attached hydrogens (tertiary/aromatic N) is 1. The van der Waals surface area contributed by atoms with Crippen LogP contribution in [0, 0.1) is 0 Å². The van der Waals surface area contributed by atoms with Gasteiger partial charge in [-0.2, -0.15) is 12.6 Å². The second-order valence-corrected chi connectivity index (χ2v) is 5.68. The largest absolute Gasteiger partial charge is 0.345 e. The predicted molar refractivity (Wildman–Crippen MR) is 74.1 cm³/mol. The highest BCUT2D eigenvalue weighted by molar-refractivity contribution is 9.10. The molecule has 1 N–H and O–H groups in total. The summed E-state index contributed by atoms with van der Waals surface area (Å²) in [6.07, 6.45) is 5.32. The van der Waals surface area contributed by atoms with Gasteiger partial charge in [-0.05, 0) is 53.1 Å². The summed E-state index contributed by atoms with van der Waals surface area (Å²) in [6.45, 7) is 0. The standard InChI is InChI=1S/C12H15BrN2OS/c13-9-2-3-10(14-8-9)12(5-1-6-12)15-11(16)4-7-17/h2-3,8,17H,1,4-7H2,(H,15,16). The Morgan fingerprint density at radius 1 is 1.53 bits per heavy atom. The van der Waals surface area contributed by atoms with Crippen LogP contribution in [-0.4, -0.2) is 16.6 Å². The van der Waals surface area contributed by atoms with Crippen LogP contribution in [0.1, 0.15) is 31.4 Å². The molecular weight excluding hydrogens is 300 g/mol. The number of aromatic nitrogens is 1. The van der Waals surface area contributed by atoms with Gasteiger partial charge in [0, 0.05) is 17.1 Å². The summed E-state index contributed by atoms with van der Waals surface area (Å²) in [5.41, 5.74) is 0.722. The number of hydrogen-bond acceptors (Lipinski definition) is 3. The van der Waals surface area contributed by atoms with Crippen LogP contribution < -0.4 is 5.32 Å². The van der Waals surface area contributed by atoms with E-state index in [0.29, 0.717) is 12.2 Å². The first-order valence-corrected chi connectivity index (χ1v) is 7.13. The number of carbonyl (C=O) groups is 1. The van der Waals surface area contributed by atoms with Crippen LogP contribution >= 0.6 is 28.6 Å². The van der Waals surface area contributed by atoms with E-state index in [4.69, 9.17) is 0 Å². The van der Waals surface area contributed by atoms with Crippen LogP contribution in [0.2, 0.25) is 0 Å². The van der Waals surface area contributed by atoms with Crippen molar-refractivity contribution < 1.29 is 4.79 Å². The first-order valence-electron chi connectivity index (χ1n) is 5.70. The number of rotatable bonds is 4. The maximum Gasteiger partial charge on any atom is 0.221 e. The number of pyridine rings is 1. The Balaban J connectivity index is 2.14. The van der Waals surface area contributed by atoms with Gasteiger partial charge in [0.15, 0.2) is 0 Å². The van der Waals surface area contributed by atoms with E-state index in [1.54, 1.807) is 6.20 Å². The molecule has 1 aromatic heterocycles. The Labute approximate surface area is 115 Å². The van der Waals surface area contributed by atoms with Gasteiger partial charge >= 0.3 is 0 Å². The molecule has 0 saturated heterocycles. The van der Waals surface area contributed by atoms with Crippen molar-refractivity contribution in [2.45, 2.75) is 31.2 Å². The van der Waals surface area contributed by atoms with E-state index in [-0.39, 0.29) is 11.4 Å². The lowest BCUT2D eigenvalue weighted by atomic mass is 9.74. The van der Waals surface area contributed by atoms with Gasteiger partial charge < -0.3 is 5.32 Å². The molecule has 1 aromatic rings. The molecule has 17 heavy (non-hydrogen) atoms. The van der Waals surface area contributed by atoms with Gasteiger partial charge in [-0.25, -0.2) is 0 Å². The monoisotopic (exact) mass is 314 g/mol. The molecule has 0 aliphatic heterocycles. The van der Waals surface area contributed by atoms with E-state index in [0.717, 1.165) is 29.4 Å². The summed E-state index contributed by atoms with van der Waals surface area (Å²) in [6, 6.07) is 3.94.